The fourth-order valence-electron chi connectivity index (χ4n) is 2.60. The van der Waals surface area contributed by atoms with Crippen molar-refractivity contribution in [1.82, 2.24) is 5.32 Å². The SMILES string of the molecule is COC(C)(CCC(CNC(=O)C(CO)c1ccccc1)(OC)OC)OC. The third-order valence-electron chi connectivity index (χ3n) is 4.80. The quantitative estimate of drug-likeness (QED) is 0.545. The first-order valence-corrected chi connectivity index (χ1v) is 8.53. The third-order valence-corrected chi connectivity index (χ3v) is 4.80. The van der Waals surface area contributed by atoms with Crippen LogP contribution in [-0.2, 0) is 23.7 Å². The van der Waals surface area contributed by atoms with Gasteiger partial charge in [-0.3, -0.25) is 4.79 Å². The fraction of sp³-hybridized carbons (Fsp3) is 0.632. The van der Waals surface area contributed by atoms with Crippen molar-refractivity contribution in [3.05, 3.63) is 35.9 Å². The van der Waals surface area contributed by atoms with Crippen molar-refractivity contribution in [3.8, 4) is 0 Å². The Balaban J connectivity index is 2.76. The first-order valence-electron chi connectivity index (χ1n) is 8.53. The molecule has 7 heteroatoms. The van der Waals surface area contributed by atoms with E-state index in [1.807, 2.05) is 37.3 Å². The highest BCUT2D eigenvalue weighted by Gasteiger charge is 2.35. The highest BCUT2D eigenvalue weighted by atomic mass is 16.7. The molecule has 1 rings (SSSR count). The molecule has 0 aromatic heterocycles. The van der Waals surface area contributed by atoms with Gasteiger partial charge in [-0.1, -0.05) is 30.3 Å². The van der Waals surface area contributed by atoms with Crippen LogP contribution in [0.2, 0.25) is 0 Å². The molecule has 1 atom stereocenters. The molecule has 0 bridgehead atoms. The Morgan fingerprint density at radius 2 is 1.62 bits per heavy atom. The number of ether oxygens (including phenoxy) is 4. The maximum atomic E-state index is 12.5. The van der Waals surface area contributed by atoms with Gasteiger partial charge in [-0.2, -0.15) is 0 Å². The van der Waals surface area contributed by atoms with Crippen LogP contribution in [0.25, 0.3) is 0 Å². The van der Waals surface area contributed by atoms with E-state index in [0.29, 0.717) is 12.8 Å². The molecular formula is C19H31NO6. The first kappa shape index (κ1) is 22.5. The summed E-state index contributed by atoms with van der Waals surface area (Å²) in [5.41, 5.74) is 0.749. The van der Waals surface area contributed by atoms with E-state index in [1.165, 1.54) is 14.2 Å². The van der Waals surface area contributed by atoms with Crippen molar-refractivity contribution in [2.45, 2.75) is 37.3 Å². The summed E-state index contributed by atoms with van der Waals surface area (Å²) in [4.78, 5) is 12.5. The summed E-state index contributed by atoms with van der Waals surface area (Å²) < 4.78 is 21.8. The van der Waals surface area contributed by atoms with Gasteiger partial charge >= 0.3 is 0 Å². The minimum Gasteiger partial charge on any atom is -0.395 e. The van der Waals surface area contributed by atoms with E-state index in [0.717, 1.165) is 5.56 Å². The van der Waals surface area contributed by atoms with Gasteiger partial charge in [-0.15, -0.1) is 0 Å². The summed E-state index contributed by atoms with van der Waals surface area (Å²) in [5, 5.41) is 12.4. The molecule has 0 heterocycles. The maximum Gasteiger partial charge on any atom is 0.230 e. The van der Waals surface area contributed by atoms with E-state index in [4.69, 9.17) is 18.9 Å². The Kier molecular flexibility index (Phi) is 9.18. The number of amides is 1. The van der Waals surface area contributed by atoms with Gasteiger partial charge in [-0.25, -0.2) is 0 Å². The summed E-state index contributed by atoms with van der Waals surface area (Å²) in [7, 11) is 6.18. The zero-order valence-corrected chi connectivity index (χ0v) is 16.3. The number of nitrogens with one attached hydrogen (secondary N) is 1. The Hall–Kier alpha value is -1.51. The lowest BCUT2D eigenvalue weighted by Crippen LogP contribution is -2.48. The van der Waals surface area contributed by atoms with E-state index >= 15 is 0 Å². The van der Waals surface area contributed by atoms with Crippen molar-refractivity contribution in [3.63, 3.8) is 0 Å². The molecule has 1 amide bonds. The van der Waals surface area contributed by atoms with Gasteiger partial charge in [0.15, 0.2) is 11.6 Å². The topological polar surface area (TPSA) is 86.3 Å². The molecular weight excluding hydrogens is 338 g/mol. The number of methoxy groups -OCH3 is 4. The first-order chi connectivity index (χ1) is 12.4. The van der Waals surface area contributed by atoms with Gasteiger partial charge in [0.2, 0.25) is 5.91 Å². The Bertz CT molecular complexity index is 528. The standard InChI is InChI=1S/C19H31NO6/c1-18(23-2,24-3)11-12-19(25-4,26-5)14-20-17(22)16(13-21)15-9-7-6-8-10-15/h6-10,16,21H,11-14H2,1-5H3,(H,20,22). The van der Waals surface area contributed by atoms with Crippen LogP contribution in [-0.4, -0.2) is 64.2 Å². The molecule has 1 aromatic rings. The molecule has 0 aliphatic heterocycles. The summed E-state index contributed by atoms with van der Waals surface area (Å²) in [5.74, 6) is -2.74. The number of aliphatic hydroxyl groups is 1. The van der Waals surface area contributed by atoms with E-state index in [1.54, 1.807) is 14.2 Å². The smallest absolute Gasteiger partial charge is 0.230 e. The van der Waals surface area contributed by atoms with E-state index in [-0.39, 0.29) is 19.1 Å². The van der Waals surface area contributed by atoms with Gasteiger partial charge in [0.25, 0.3) is 0 Å². The van der Waals surface area contributed by atoms with Crippen molar-refractivity contribution in [2.24, 2.45) is 0 Å². The zero-order valence-electron chi connectivity index (χ0n) is 16.3. The molecule has 7 nitrogen and oxygen atoms in total. The van der Waals surface area contributed by atoms with E-state index < -0.39 is 17.5 Å². The van der Waals surface area contributed by atoms with Crippen LogP contribution in [0.1, 0.15) is 31.2 Å². The third kappa shape index (κ3) is 6.03. The number of carbonyl (C=O) groups excluding carboxylic acids is 1. The lowest BCUT2D eigenvalue weighted by atomic mass is 9.98. The van der Waals surface area contributed by atoms with Gasteiger partial charge < -0.3 is 29.4 Å². The molecule has 0 saturated carbocycles. The van der Waals surface area contributed by atoms with Crippen LogP contribution in [0.3, 0.4) is 0 Å². The van der Waals surface area contributed by atoms with Gasteiger partial charge in [0.05, 0.1) is 19.1 Å². The highest BCUT2D eigenvalue weighted by Crippen LogP contribution is 2.26. The number of carbonyl (C=O) groups is 1. The average molecular weight is 369 g/mol. The minimum atomic E-state index is -1.02. The van der Waals surface area contributed by atoms with Crippen molar-refractivity contribution in [1.29, 1.82) is 0 Å². The lowest BCUT2D eigenvalue weighted by molar-refractivity contribution is -0.240. The molecule has 1 aromatic carbocycles. The molecule has 0 saturated heterocycles. The van der Waals surface area contributed by atoms with Crippen LogP contribution in [0.4, 0.5) is 0 Å². The van der Waals surface area contributed by atoms with E-state index in [2.05, 4.69) is 5.32 Å². The van der Waals surface area contributed by atoms with Crippen LogP contribution < -0.4 is 5.32 Å². The minimum absolute atomic E-state index is 0.131. The number of hydrogen-bond acceptors (Lipinski definition) is 6. The number of rotatable bonds is 12. The molecule has 0 aliphatic carbocycles. The second-order valence-corrected chi connectivity index (χ2v) is 6.22. The summed E-state index contributed by atoms with van der Waals surface area (Å²) in [6.45, 7) is 1.67. The lowest BCUT2D eigenvalue weighted by Gasteiger charge is -2.35. The van der Waals surface area contributed by atoms with Gasteiger partial charge in [0.1, 0.15) is 0 Å². The van der Waals surface area contributed by atoms with Crippen LogP contribution in [0.15, 0.2) is 30.3 Å². The van der Waals surface area contributed by atoms with Crippen molar-refractivity contribution in [2.75, 3.05) is 41.6 Å². The predicted octanol–water partition coefficient (Wildman–Crippen LogP) is 1.66. The average Bonchev–Trinajstić information content (AvgIpc) is 2.70. The molecule has 1 unspecified atom stereocenters. The number of benzene rings is 1. The molecule has 26 heavy (non-hydrogen) atoms. The summed E-state index contributed by atoms with van der Waals surface area (Å²) >= 11 is 0. The van der Waals surface area contributed by atoms with Crippen LogP contribution in [0, 0.1) is 0 Å². The van der Waals surface area contributed by atoms with Gasteiger partial charge in [-0.05, 0) is 12.5 Å². The number of aliphatic hydroxyl groups excluding tert-OH is 1. The zero-order chi connectivity index (χ0) is 19.6. The fourth-order valence-corrected chi connectivity index (χ4v) is 2.60. The molecule has 2 N–H and O–H groups in total. The monoisotopic (exact) mass is 369 g/mol. The second kappa shape index (κ2) is 10.6. The van der Waals surface area contributed by atoms with Crippen molar-refractivity contribution >= 4 is 5.91 Å². The molecule has 0 spiro atoms. The predicted molar refractivity (Wildman–Crippen MR) is 97.7 cm³/mol. The molecule has 0 radical (unpaired) electrons. The van der Waals surface area contributed by atoms with Crippen LogP contribution >= 0.6 is 0 Å². The maximum absolute atomic E-state index is 12.5. The summed E-state index contributed by atoms with van der Waals surface area (Å²) in [6, 6.07) is 9.14. The molecule has 0 fully saturated rings. The summed E-state index contributed by atoms with van der Waals surface area (Å²) in [6.07, 6.45) is 0.938. The Morgan fingerprint density at radius 3 is 2.08 bits per heavy atom. The number of hydrogen-bond donors (Lipinski definition) is 2. The molecule has 0 aliphatic rings. The second-order valence-electron chi connectivity index (χ2n) is 6.22. The van der Waals surface area contributed by atoms with Crippen molar-refractivity contribution < 1.29 is 28.8 Å². The molecule has 148 valence electrons. The van der Waals surface area contributed by atoms with Crippen LogP contribution in [0.5, 0.6) is 0 Å². The normalized spacial score (nSPS) is 13.5. The Morgan fingerprint density at radius 1 is 1.04 bits per heavy atom. The van der Waals surface area contributed by atoms with E-state index in [9.17, 15) is 9.90 Å². The largest absolute Gasteiger partial charge is 0.395 e. The highest BCUT2D eigenvalue weighted by molar-refractivity contribution is 5.83. The van der Waals surface area contributed by atoms with Gasteiger partial charge in [0, 0.05) is 41.3 Å². The Labute approximate surface area is 155 Å².